The second-order valence-corrected chi connectivity index (χ2v) is 6.93. The van der Waals surface area contributed by atoms with Crippen LogP contribution in [0.3, 0.4) is 0 Å². The number of amides is 1. The van der Waals surface area contributed by atoms with Gasteiger partial charge in [0.1, 0.15) is 10.1 Å². The molecule has 0 spiro atoms. The van der Waals surface area contributed by atoms with Crippen molar-refractivity contribution in [1.82, 2.24) is 5.43 Å². The van der Waals surface area contributed by atoms with Crippen LogP contribution in [0.1, 0.15) is 25.8 Å². The van der Waals surface area contributed by atoms with Crippen LogP contribution in [0.2, 0.25) is 5.02 Å². The molecule has 108 valence electrons. The summed E-state index contributed by atoms with van der Waals surface area (Å²) < 4.78 is -1.04. The van der Waals surface area contributed by atoms with Crippen LogP contribution in [0.15, 0.2) is 23.3 Å². The lowest BCUT2D eigenvalue weighted by Gasteiger charge is -2.10. The number of halogens is 3. The van der Waals surface area contributed by atoms with E-state index in [2.05, 4.69) is 10.5 Å². The minimum atomic E-state index is -1.04. The monoisotopic (exact) mass is 334 g/mol. The van der Waals surface area contributed by atoms with Gasteiger partial charge in [0.25, 0.3) is 0 Å². The number of carbonyl (C=O) groups is 1. The first-order chi connectivity index (χ1) is 9.17. The summed E-state index contributed by atoms with van der Waals surface area (Å²) >= 11 is 17.7. The first kappa shape index (κ1) is 15.4. The van der Waals surface area contributed by atoms with Gasteiger partial charge in [-0.3, -0.25) is 4.79 Å². The number of carbonyl (C=O) groups excluding carboxylic acids is 1. The molecule has 1 aliphatic rings. The lowest BCUT2D eigenvalue weighted by molar-refractivity contribution is -0.125. The van der Waals surface area contributed by atoms with E-state index in [1.807, 2.05) is 0 Å². The van der Waals surface area contributed by atoms with Gasteiger partial charge in [-0.1, -0.05) is 11.6 Å². The zero-order chi connectivity index (χ0) is 15.1. The SMILES string of the molecule is CC(=NNC(=O)C1(C)CC1(Cl)Cl)c1cc(Cl)ccc1O. The minimum absolute atomic E-state index is 0.0339. The molecule has 0 saturated heterocycles. The van der Waals surface area contributed by atoms with Crippen molar-refractivity contribution in [1.29, 1.82) is 0 Å². The highest BCUT2D eigenvalue weighted by atomic mass is 35.5. The van der Waals surface area contributed by atoms with Crippen molar-refractivity contribution in [3.63, 3.8) is 0 Å². The average molecular weight is 336 g/mol. The van der Waals surface area contributed by atoms with Crippen molar-refractivity contribution in [2.75, 3.05) is 0 Å². The molecular weight excluding hydrogens is 323 g/mol. The van der Waals surface area contributed by atoms with Gasteiger partial charge >= 0.3 is 0 Å². The highest BCUT2D eigenvalue weighted by molar-refractivity contribution is 6.53. The molecule has 1 aliphatic carbocycles. The van der Waals surface area contributed by atoms with E-state index in [0.717, 1.165) is 0 Å². The van der Waals surface area contributed by atoms with E-state index in [4.69, 9.17) is 34.8 Å². The topological polar surface area (TPSA) is 61.7 Å². The summed E-state index contributed by atoms with van der Waals surface area (Å²) in [7, 11) is 0. The van der Waals surface area contributed by atoms with E-state index < -0.39 is 9.75 Å². The number of hydrogen-bond acceptors (Lipinski definition) is 3. The fourth-order valence-corrected chi connectivity index (χ4v) is 2.64. The third kappa shape index (κ3) is 2.73. The van der Waals surface area contributed by atoms with E-state index >= 15 is 0 Å². The number of benzene rings is 1. The third-order valence-electron chi connectivity index (χ3n) is 3.43. The van der Waals surface area contributed by atoms with E-state index in [1.54, 1.807) is 26.0 Å². The molecular formula is C13H13Cl3N2O2. The molecule has 1 fully saturated rings. The number of phenolic OH excluding ortho intramolecular Hbond substituents is 1. The van der Waals surface area contributed by atoms with Gasteiger partial charge in [0, 0.05) is 10.6 Å². The molecule has 1 atom stereocenters. The third-order valence-corrected chi connectivity index (χ3v) is 4.77. The van der Waals surface area contributed by atoms with Crippen LogP contribution in [-0.2, 0) is 4.79 Å². The highest BCUT2D eigenvalue weighted by Crippen LogP contribution is 2.63. The van der Waals surface area contributed by atoms with Crippen LogP contribution in [0, 0.1) is 5.41 Å². The van der Waals surface area contributed by atoms with Crippen LogP contribution in [0.4, 0.5) is 0 Å². The summed E-state index contributed by atoms with van der Waals surface area (Å²) in [6.45, 7) is 3.32. The lowest BCUT2D eigenvalue weighted by Crippen LogP contribution is -2.30. The summed E-state index contributed by atoms with van der Waals surface area (Å²) in [6, 6.07) is 4.59. The highest BCUT2D eigenvalue weighted by Gasteiger charge is 2.68. The molecule has 1 saturated carbocycles. The number of hydrazone groups is 1. The number of aromatic hydroxyl groups is 1. The maximum Gasteiger partial charge on any atom is 0.249 e. The van der Waals surface area contributed by atoms with Crippen molar-refractivity contribution in [3.05, 3.63) is 28.8 Å². The predicted molar refractivity (Wildman–Crippen MR) is 80.6 cm³/mol. The first-order valence-corrected chi connectivity index (χ1v) is 7.02. The zero-order valence-electron chi connectivity index (χ0n) is 10.9. The number of alkyl halides is 2. The summed E-state index contributed by atoms with van der Waals surface area (Å²) in [4.78, 5) is 12.0. The average Bonchev–Trinajstić information content (AvgIpc) is 2.89. The Labute approximate surface area is 131 Å². The molecule has 1 unspecified atom stereocenters. The molecule has 0 aromatic heterocycles. The largest absolute Gasteiger partial charge is 0.507 e. The minimum Gasteiger partial charge on any atom is -0.507 e. The summed E-state index contributed by atoms with van der Waals surface area (Å²) in [5, 5.41) is 14.1. The van der Waals surface area contributed by atoms with E-state index in [0.29, 0.717) is 22.7 Å². The maximum absolute atomic E-state index is 12.0. The van der Waals surface area contributed by atoms with Gasteiger partial charge in [-0.2, -0.15) is 5.10 Å². The van der Waals surface area contributed by atoms with Crippen molar-refractivity contribution >= 4 is 46.4 Å². The molecule has 1 amide bonds. The van der Waals surface area contributed by atoms with Gasteiger partial charge in [-0.15, -0.1) is 23.2 Å². The quantitative estimate of drug-likeness (QED) is 0.505. The van der Waals surface area contributed by atoms with Gasteiger partial charge in [-0.25, -0.2) is 5.43 Å². The number of phenols is 1. The molecule has 0 aliphatic heterocycles. The maximum atomic E-state index is 12.0. The molecule has 0 heterocycles. The van der Waals surface area contributed by atoms with E-state index in [-0.39, 0.29) is 11.7 Å². The Bertz CT molecular complexity index is 601. The van der Waals surface area contributed by atoms with E-state index in [1.165, 1.54) is 6.07 Å². The fourth-order valence-electron chi connectivity index (χ4n) is 1.76. The number of nitrogens with zero attached hydrogens (tertiary/aromatic N) is 1. The first-order valence-electron chi connectivity index (χ1n) is 5.89. The second-order valence-electron chi connectivity index (χ2n) is 5.01. The van der Waals surface area contributed by atoms with Gasteiger partial charge in [0.2, 0.25) is 5.91 Å². The summed E-state index contributed by atoms with van der Waals surface area (Å²) in [5.74, 6) is -0.324. The van der Waals surface area contributed by atoms with Gasteiger partial charge in [0.05, 0.1) is 11.1 Å². The van der Waals surface area contributed by atoms with Gasteiger partial charge in [-0.05, 0) is 38.5 Å². The zero-order valence-corrected chi connectivity index (χ0v) is 13.1. The smallest absolute Gasteiger partial charge is 0.249 e. The van der Waals surface area contributed by atoms with Crippen molar-refractivity contribution < 1.29 is 9.90 Å². The number of nitrogens with one attached hydrogen (secondary N) is 1. The van der Waals surface area contributed by atoms with Gasteiger partial charge < -0.3 is 5.11 Å². The van der Waals surface area contributed by atoms with Crippen LogP contribution < -0.4 is 5.43 Å². The van der Waals surface area contributed by atoms with Crippen LogP contribution in [0.25, 0.3) is 0 Å². The Kier molecular flexibility index (Phi) is 3.93. The Morgan fingerprint density at radius 3 is 2.60 bits per heavy atom. The molecule has 1 aromatic carbocycles. The van der Waals surface area contributed by atoms with Gasteiger partial charge in [0.15, 0.2) is 0 Å². The molecule has 0 radical (unpaired) electrons. The Morgan fingerprint density at radius 2 is 2.05 bits per heavy atom. The molecule has 2 N–H and O–H groups in total. The number of rotatable bonds is 3. The predicted octanol–water partition coefficient (Wildman–Crippen LogP) is 3.47. The number of hydrogen-bond donors (Lipinski definition) is 2. The lowest BCUT2D eigenvalue weighted by atomic mass is 10.1. The van der Waals surface area contributed by atoms with Crippen molar-refractivity contribution in [3.8, 4) is 5.75 Å². The van der Waals surface area contributed by atoms with Crippen molar-refractivity contribution in [2.45, 2.75) is 24.6 Å². The fraction of sp³-hybridized carbons (Fsp3) is 0.385. The van der Waals surface area contributed by atoms with Crippen molar-refractivity contribution in [2.24, 2.45) is 10.5 Å². The Morgan fingerprint density at radius 1 is 1.45 bits per heavy atom. The van der Waals surface area contributed by atoms with Crippen LogP contribution in [-0.4, -0.2) is 21.1 Å². The molecule has 0 bridgehead atoms. The molecule has 7 heteroatoms. The van der Waals surface area contributed by atoms with Crippen LogP contribution >= 0.6 is 34.8 Å². The summed E-state index contributed by atoms with van der Waals surface area (Å²) in [5.41, 5.74) is 2.45. The van der Waals surface area contributed by atoms with E-state index in [9.17, 15) is 9.90 Å². The Balaban J connectivity index is 2.12. The summed E-state index contributed by atoms with van der Waals surface area (Å²) in [6.07, 6.45) is 0.381. The molecule has 1 aromatic rings. The Hall–Kier alpha value is -0.970. The molecule has 20 heavy (non-hydrogen) atoms. The second kappa shape index (κ2) is 5.10. The molecule has 4 nitrogen and oxygen atoms in total. The molecule has 2 rings (SSSR count). The normalized spacial score (nSPS) is 24.4. The standard InChI is InChI=1S/C13H13Cl3N2O2/c1-7(9-5-8(14)3-4-10(9)19)17-18-11(20)12(2)6-13(12,15)16/h3-5,19H,6H2,1-2H3,(H,18,20). The van der Waals surface area contributed by atoms with Crippen LogP contribution in [0.5, 0.6) is 5.75 Å².